The molecule has 1 fully saturated rings. The number of hydrogen-bond donors (Lipinski definition) is 0. The number of thiazole rings is 1. The van der Waals surface area contributed by atoms with Crippen molar-refractivity contribution in [2.45, 2.75) is 5.75 Å². The van der Waals surface area contributed by atoms with Crippen LogP contribution in [0.5, 0.6) is 0 Å². The summed E-state index contributed by atoms with van der Waals surface area (Å²) in [6, 6.07) is 20.4. The Morgan fingerprint density at radius 3 is 2.41 bits per heavy atom. The predicted molar refractivity (Wildman–Crippen MR) is 124 cm³/mol. The minimum Gasteiger partial charge on any atom is -0.448 e. The number of furan rings is 1. The van der Waals surface area contributed by atoms with Crippen LogP contribution in [0.15, 0.2) is 71.1 Å². The first-order valence-corrected chi connectivity index (χ1v) is 12.7. The van der Waals surface area contributed by atoms with Gasteiger partial charge in [-0.2, -0.15) is 4.31 Å². The number of piperazine rings is 1. The van der Waals surface area contributed by atoms with E-state index in [4.69, 9.17) is 4.42 Å². The minimum atomic E-state index is -3.43. The molecule has 0 radical (unpaired) electrons. The lowest BCUT2D eigenvalue weighted by molar-refractivity contribution is 0.0667. The summed E-state index contributed by atoms with van der Waals surface area (Å²) in [5.74, 6) is 0.516. The summed E-state index contributed by atoms with van der Waals surface area (Å²) in [5, 5.41) is 0.724. The number of benzene rings is 2. The Balaban J connectivity index is 1.24. The number of hydrogen-bond acceptors (Lipinski definition) is 6. The lowest BCUT2D eigenvalue weighted by Gasteiger charge is -2.33. The molecule has 4 aromatic rings. The summed E-state index contributed by atoms with van der Waals surface area (Å²) in [5.41, 5.74) is 1.65. The van der Waals surface area contributed by atoms with Crippen LogP contribution in [0, 0.1) is 0 Å². The molecule has 0 aliphatic carbocycles. The lowest BCUT2D eigenvalue weighted by atomic mass is 10.2. The van der Waals surface area contributed by atoms with Crippen molar-refractivity contribution in [1.82, 2.24) is 14.2 Å². The van der Waals surface area contributed by atoms with Gasteiger partial charge in [-0.3, -0.25) is 4.79 Å². The fraction of sp³-hybridized carbons (Fsp3) is 0.217. The van der Waals surface area contributed by atoms with E-state index in [-0.39, 0.29) is 30.5 Å². The molecule has 9 heteroatoms. The number of para-hydroxylation sites is 1. The molecule has 164 valence electrons. The van der Waals surface area contributed by atoms with Crippen molar-refractivity contribution < 1.29 is 17.6 Å². The molecule has 7 nitrogen and oxygen atoms in total. The van der Waals surface area contributed by atoms with Gasteiger partial charge in [-0.1, -0.05) is 42.5 Å². The fourth-order valence-corrected chi connectivity index (χ4v) is 6.19. The maximum Gasteiger partial charge on any atom is 0.289 e. The average molecular weight is 468 g/mol. The molecule has 32 heavy (non-hydrogen) atoms. The number of sulfonamides is 1. The Morgan fingerprint density at radius 1 is 0.938 bits per heavy atom. The van der Waals surface area contributed by atoms with Crippen molar-refractivity contribution >= 4 is 37.5 Å². The molecular weight excluding hydrogens is 446 g/mol. The molecule has 0 N–H and O–H groups in total. The van der Waals surface area contributed by atoms with Gasteiger partial charge in [-0.25, -0.2) is 13.4 Å². The highest BCUT2D eigenvalue weighted by atomic mass is 32.2. The Hall–Kier alpha value is -3.01. The Bertz CT molecular complexity index is 1320. The van der Waals surface area contributed by atoms with E-state index in [1.165, 1.54) is 15.6 Å². The van der Waals surface area contributed by atoms with Crippen LogP contribution in [0.25, 0.3) is 21.0 Å². The summed E-state index contributed by atoms with van der Waals surface area (Å²) >= 11 is 1.51. The second-order valence-electron chi connectivity index (χ2n) is 7.58. The third kappa shape index (κ3) is 4.19. The molecule has 5 rings (SSSR count). The number of fused-ring (bicyclic) bond motifs is 1. The quantitative estimate of drug-likeness (QED) is 0.445. The SMILES string of the molecule is O=C(c1ccc(-c2nc3ccccc3s2)o1)N1CCN(S(=O)(=O)Cc2ccccc2)CC1. The van der Waals surface area contributed by atoms with Crippen LogP contribution in [0.4, 0.5) is 0 Å². The number of carbonyl (C=O) groups is 1. The Kier molecular flexibility index (Phi) is 5.54. The highest BCUT2D eigenvalue weighted by molar-refractivity contribution is 7.88. The van der Waals surface area contributed by atoms with Gasteiger partial charge in [0.2, 0.25) is 10.0 Å². The van der Waals surface area contributed by atoms with Gasteiger partial charge >= 0.3 is 0 Å². The first-order valence-electron chi connectivity index (χ1n) is 10.3. The van der Waals surface area contributed by atoms with Crippen molar-refractivity contribution in [3.8, 4) is 10.8 Å². The molecule has 0 spiro atoms. The van der Waals surface area contributed by atoms with Crippen LogP contribution >= 0.6 is 11.3 Å². The number of amides is 1. The molecule has 0 unspecified atom stereocenters. The van der Waals surface area contributed by atoms with Crippen molar-refractivity contribution in [3.05, 3.63) is 78.1 Å². The van der Waals surface area contributed by atoms with E-state index >= 15 is 0 Å². The summed E-state index contributed by atoms with van der Waals surface area (Å²) in [6.07, 6.45) is 0. The number of carbonyl (C=O) groups excluding carboxylic acids is 1. The van der Waals surface area contributed by atoms with E-state index in [1.807, 2.05) is 42.5 Å². The van der Waals surface area contributed by atoms with Crippen LogP contribution < -0.4 is 0 Å². The van der Waals surface area contributed by atoms with Gasteiger partial charge < -0.3 is 9.32 Å². The first kappa shape index (κ1) is 20.9. The predicted octanol–water partition coefficient (Wildman–Crippen LogP) is 3.84. The molecule has 1 saturated heterocycles. The van der Waals surface area contributed by atoms with Crippen molar-refractivity contribution in [2.75, 3.05) is 26.2 Å². The van der Waals surface area contributed by atoms with Crippen LogP contribution in [-0.2, 0) is 15.8 Å². The second-order valence-corrected chi connectivity index (χ2v) is 10.6. The number of aromatic nitrogens is 1. The molecule has 1 aliphatic heterocycles. The van der Waals surface area contributed by atoms with E-state index in [0.717, 1.165) is 20.8 Å². The third-order valence-corrected chi connectivity index (χ3v) is 8.33. The van der Waals surface area contributed by atoms with E-state index in [2.05, 4.69) is 4.98 Å². The molecule has 2 aromatic heterocycles. The summed E-state index contributed by atoms with van der Waals surface area (Å²) in [6.45, 7) is 1.19. The monoisotopic (exact) mass is 467 g/mol. The molecule has 0 bridgehead atoms. The van der Waals surface area contributed by atoms with Crippen LogP contribution in [0.1, 0.15) is 16.1 Å². The standard InChI is InChI=1S/C23H21N3O4S2/c27-23(20-11-10-19(30-20)22-24-18-8-4-5-9-21(18)31-22)25-12-14-26(15-13-25)32(28,29)16-17-6-2-1-3-7-17/h1-11H,12-16H2. The van der Waals surface area contributed by atoms with Crippen LogP contribution in [0.3, 0.4) is 0 Å². The van der Waals surface area contributed by atoms with Gasteiger partial charge in [0.15, 0.2) is 16.5 Å². The lowest BCUT2D eigenvalue weighted by Crippen LogP contribution is -2.50. The highest BCUT2D eigenvalue weighted by Crippen LogP contribution is 2.31. The van der Waals surface area contributed by atoms with Gasteiger partial charge in [0, 0.05) is 26.2 Å². The van der Waals surface area contributed by atoms with Crippen molar-refractivity contribution in [2.24, 2.45) is 0 Å². The van der Waals surface area contributed by atoms with E-state index in [0.29, 0.717) is 18.8 Å². The minimum absolute atomic E-state index is 0.0362. The normalized spacial score (nSPS) is 15.3. The van der Waals surface area contributed by atoms with Gasteiger partial charge in [-0.15, -0.1) is 11.3 Å². The van der Waals surface area contributed by atoms with E-state index in [9.17, 15) is 13.2 Å². The zero-order chi connectivity index (χ0) is 22.1. The van der Waals surface area contributed by atoms with E-state index < -0.39 is 10.0 Å². The maximum atomic E-state index is 12.9. The molecular formula is C23H21N3O4S2. The van der Waals surface area contributed by atoms with Gasteiger partial charge in [0.25, 0.3) is 5.91 Å². The smallest absolute Gasteiger partial charge is 0.289 e. The Labute approximate surface area is 190 Å². The zero-order valence-electron chi connectivity index (χ0n) is 17.2. The maximum absolute atomic E-state index is 12.9. The van der Waals surface area contributed by atoms with Gasteiger partial charge in [-0.05, 0) is 29.8 Å². The number of rotatable bonds is 5. The van der Waals surface area contributed by atoms with Crippen molar-refractivity contribution in [1.29, 1.82) is 0 Å². The van der Waals surface area contributed by atoms with Crippen LogP contribution in [0.2, 0.25) is 0 Å². The molecule has 3 heterocycles. The summed E-state index contributed by atoms with van der Waals surface area (Å²) in [4.78, 5) is 19.1. The molecule has 1 amide bonds. The number of nitrogens with zero attached hydrogens (tertiary/aromatic N) is 3. The second kappa shape index (κ2) is 8.50. The Morgan fingerprint density at radius 2 is 1.66 bits per heavy atom. The fourth-order valence-electron chi connectivity index (χ4n) is 3.75. The molecule has 0 atom stereocenters. The van der Waals surface area contributed by atoms with Crippen LogP contribution in [-0.4, -0.2) is 54.7 Å². The third-order valence-electron chi connectivity index (χ3n) is 5.43. The average Bonchev–Trinajstić information content (AvgIpc) is 3.46. The summed E-state index contributed by atoms with van der Waals surface area (Å²) < 4.78 is 33.8. The zero-order valence-corrected chi connectivity index (χ0v) is 18.8. The van der Waals surface area contributed by atoms with Gasteiger partial charge in [0.1, 0.15) is 0 Å². The van der Waals surface area contributed by atoms with E-state index in [1.54, 1.807) is 29.2 Å². The first-order chi connectivity index (χ1) is 15.5. The highest BCUT2D eigenvalue weighted by Gasteiger charge is 2.30. The molecule has 0 saturated carbocycles. The molecule has 1 aliphatic rings. The largest absolute Gasteiger partial charge is 0.448 e. The van der Waals surface area contributed by atoms with Gasteiger partial charge in [0.05, 0.1) is 16.0 Å². The molecule has 2 aromatic carbocycles. The van der Waals surface area contributed by atoms with Crippen molar-refractivity contribution in [3.63, 3.8) is 0 Å². The topological polar surface area (TPSA) is 83.7 Å². The summed E-state index contributed by atoms with van der Waals surface area (Å²) in [7, 11) is -3.43.